The highest BCUT2D eigenvalue weighted by molar-refractivity contribution is 7.92. The van der Waals surface area contributed by atoms with Crippen LogP contribution in [0, 0.1) is 13.8 Å². The third-order valence-corrected chi connectivity index (χ3v) is 6.32. The number of hydrogen-bond acceptors (Lipinski definition) is 6. The highest BCUT2D eigenvalue weighted by atomic mass is 32.2. The quantitative estimate of drug-likeness (QED) is 0.397. The van der Waals surface area contributed by atoms with E-state index in [1.54, 1.807) is 48.5 Å². The van der Waals surface area contributed by atoms with Crippen molar-refractivity contribution in [3.8, 4) is 0 Å². The summed E-state index contributed by atoms with van der Waals surface area (Å²) >= 11 is 0. The summed E-state index contributed by atoms with van der Waals surface area (Å²) in [4.78, 5) is 20.2. The number of carbonyl (C=O) groups is 1. The van der Waals surface area contributed by atoms with Crippen molar-refractivity contribution < 1.29 is 18.3 Å². The number of nitrogens with one attached hydrogen (secondary N) is 2. The van der Waals surface area contributed by atoms with Crippen LogP contribution in [-0.2, 0) is 10.0 Å². The summed E-state index contributed by atoms with van der Waals surface area (Å²) in [6, 6.07) is 18.0. The van der Waals surface area contributed by atoms with E-state index in [-0.39, 0.29) is 22.1 Å². The number of aromatic carboxylic acids is 1. The highest BCUT2D eigenvalue weighted by Gasteiger charge is 2.19. The number of para-hydroxylation sites is 2. The molecule has 9 heteroatoms. The molecule has 0 aliphatic heterocycles. The molecule has 0 radical (unpaired) electrons. The number of carboxylic acids is 1. The van der Waals surface area contributed by atoms with Crippen molar-refractivity contribution in [1.29, 1.82) is 0 Å². The standard InChI is InChI=1S/C23H20N4O4S/c1-14-7-12-18(13-15(14)2)32(30,31)27-22-21(25-19-5-3-4-6-20(19)26-22)24-17-10-8-16(9-11-17)23(28)29/h3-13H,1-2H3,(H,24,25)(H,26,27)(H,28,29). The number of anilines is 3. The van der Waals surface area contributed by atoms with Crippen LogP contribution in [0.25, 0.3) is 11.0 Å². The van der Waals surface area contributed by atoms with Crippen LogP contribution >= 0.6 is 0 Å². The van der Waals surface area contributed by atoms with Gasteiger partial charge in [0.1, 0.15) is 0 Å². The smallest absolute Gasteiger partial charge is 0.335 e. The van der Waals surface area contributed by atoms with Crippen LogP contribution in [0.1, 0.15) is 21.5 Å². The van der Waals surface area contributed by atoms with E-state index in [1.807, 2.05) is 13.8 Å². The Morgan fingerprint density at radius 1 is 0.844 bits per heavy atom. The van der Waals surface area contributed by atoms with E-state index in [0.29, 0.717) is 16.7 Å². The fourth-order valence-electron chi connectivity index (χ4n) is 3.06. The second-order valence-electron chi connectivity index (χ2n) is 7.27. The minimum absolute atomic E-state index is 0.0317. The average Bonchev–Trinajstić information content (AvgIpc) is 2.76. The first kappa shape index (κ1) is 21.3. The Morgan fingerprint density at radius 2 is 1.47 bits per heavy atom. The first-order chi connectivity index (χ1) is 15.2. The zero-order chi connectivity index (χ0) is 22.9. The molecule has 1 heterocycles. The van der Waals surface area contributed by atoms with Crippen molar-refractivity contribution >= 4 is 44.3 Å². The predicted octanol–water partition coefficient (Wildman–Crippen LogP) is 4.49. The molecule has 0 aliphatic carbocycles. The van der Waals surface area contributed by atoms with Crippen LogP contribution in [-0.4, -0.2) is 29.5 Å². The molecule has 3 aromatic carbocycles. The fourth-order valence-corrected chi connectivity index (χ4v) is 4.15. The lowest BCUT2D eigenvalue weighted by molar-refractivity contribution is 0.0697. The van der Waals surface area contributed by atoms with Gasteiger partial charge in [0.15, 0.2) is 11.6 Å². The molecule has 0 fully saturated rings. The fraction of sp³-hybridized carbons (Fsp3) is 0.0870. The summed E-state index contributed by atoms with van der Waals surface area (Å²) in [7, 11) is -3.92. The van der Waals surface area contributed by atoms with Crippen molar-refractivity contribution in [2.45, 2.75) is 18.7 Å². The van der Waals surface area contributed by atoms with Crippen molar-refractivity contribution in [3.05, 3.63) is 83.4 Å². The Kier molecular flexibility index (Phi) is 5.50. The van der Waals surface area contributed by atoms with Crippen LogP contribution in [0.4, 0.5) is 17.3 Å². The SMILES string of the molecule is Cc1ccc(S(=O)(=O)Nc2nc3ccccc3nc2Nc2ccc(C(=O)O)cc2)cc1C. The average molecular weight is 449 g/mol. The summed E-state index contributed by atoms with van der Waals surface area (Å²) in [5.74, 6) is -0.813. The van der Waals surface area contributed by atoms with Crippen molar-refractivity contribution in [2.75, 3.05) is 10.0 Å². The molecule has 0 spiro atoms. The Balaban J connectivity index is 1.75. The molecule has 0 amide bonds. The van der Waals surface area contributed by atoms with Crippen molar-refractivity contribution in [1.82, 2.24) is 9.97 Å². The molecule has 4 rings (SSSR count). The second-order valence-corrected chi connectivity index (χ2v) is 8.95. The first-order valence-corrected chi connectivity index (χ1v) is 11.2. The summed E-state index contributed by atoms with van der Waals surface area (Å²) in [5.41, 5.74) is 3.61. The van der Waals surface area contributed by atoms with E-state index in [2.05, 4.69) is 20.0 Å². The Bertz CT molecular complexity index is 1430. The highest BCUT2D eigenvalue weighted by Crippen LogP contribution is 2.27. The zero-order valence-corrected chi connectivity index (χ0v) is 18.1. The number of carboxylic acid groups (broad SMARTS) is 1. The minimum Gasteiger partial charge on any atom is -0.478 e. The number of nitrogens with zero attached hydrogens (tertiary/aromatic N) is 2. The molecule has 162 valence electrons. The van der Waals surface area contributed by atoms with Gasteiger partial charge in [-0.2, -0.15) is 0 Å². The summed E-state index contributed by atoms with van der Waals surface area (Å²) in [5, 5.41) is 12.1. The molecular formula is C23H20N4O4S. The molecule has 0 saturated heterocycles. The lowest BCUT2D eigenvalue weighted by Crippen LogP contribution is -2.16. The summed E-state index contributed by atoms with van der Waals surface area (Å²) in [6.45, 7) is 3.75. The van der Waals surface area contributed by atoms with Gasteiger partial charge in [-0.15, -0.1) is 0 Å². The van der Waals surface area contributed by atoms with E-state index in [4.69, 9.17) is 5.11 Å². The van der Waals surface area contributed by atoms with Gasteiger partial charge in [0.25, 0.3) is 10.0 Å². The van der Waals surface area contributed by atoms with Gasteiger partial charge in [0.2, 0.25) is 0 Å². The number of sulfonamides is 1. The third kappa shape index (κ3) is 4.37. The van der Waals surface area contributed by atoms with Gasteiger partial charge < -0.3 is 10.4 Å². The largest absolute Gasteiger partial charge is 0.478 e. The van der Waals surface area contributed by atoms with Gasteiger partial charge in [0, 0.05) is 5.69 Å². The van der Waals surface area contributed by atoms with Crippen LogP contribution in [0.5, 0.6) is 0 Å². The van der Waals surface area contributed by atoms with Gasteiger partial charge in [0.05, 0.1) is 21.5 Å². The van der Waals surface area contributed by atoms with Gasteiger partial charge in [-0.25, -0.2) is 23.2 Å². The molecule has 0 saturated carbocycles. The van der Waals surface area contributed by atoms with Crippen molar-refractivity contribution in [2.24, 2.45) is 0 Å². The molecule has 0 atom stereocenters. The number of aromatic nitrogens is 2. The van der Waals surface area contributed by atoms with Gasteiger partial charge >= 0.3 is 5.97 Å². The lowest BCUT2D eigenvalue weighted by Gasteiger charge is -2.14. The Labute approximate surface area is 185 Å². The number of fused-ring (bicyclic) bond motifs is 1. The molecule has 3 N–H and O–H groups in total. The topological polar surface area (TPSA) is 121 Å². The van der Waals surface area contributed by atoms with E-state index in [1.165, 1.54) is 18.2 Å². The predicted molar refractivity (Wildman–Crippen MR) is 123 cm³/mol. The number of rotatable bonds is 6. The molecule has 8 nitrogen and oxygen atoms in total. The zero-order valence-electron chi connectivity index (χ0n) is 17.3. The Hall–Kier alpha value is -3.98. The van der Waals surface area contributed by atoms with Gasteiger partial charge in [-0.05, 0) is 73.5 Å². The third-order valence-electron chi connectivity index (χ3n) is 4.98. The van der Waals surface area contributed by atoms with E-state index in [0.717, 1.165) is 11.1 Å². The number of aryl methyl sites for hydroxylation is 2. The maximum Gasteiger partial charge on any atom is 0.335 e. The molecule has 1 aromatic heterocycles. The monoisotopic (exact) mass is 448 g/mol. The molecule has 0 unspecified atom stereocenters. The lowest BCUT2D eigenvalue weighted by atomic mass is 10.1. The molecule has 4 aromatic rings. The van der Waals surface area contributed by atoms with E-state index < -0.39 is 16.0 Å². The van der Waals surface area contributed by atoms with E-state index >= 15 is 0 Å². The summed E-state index contributed by atoms with van der Waals surface area (Å²) in [6.07, 6.45) is 0. The number of benzene rings is 3. The van der Waals surface area contributed by atoms with Gasteiger partial charge in [-0.3, -0.25) is 4.72 Å². The molecule has 0 aliphatic rings. The van der Waals surface area contributed by atoms with Gasteiger partial charge in [-0.1, -0.05) is 18.2 Å². The maximum absolute atomic E-state index is 13.1. The van der Waals surface area contributed by atoms with E-state index in [9.17, 15) is 13.2 Å². The number of hydrogen-bond donors (Lipinski definition) is 3. The molecule has 0 bridgehead atoms. The Morgan fingerprint density at radius 3 is 2.06 bits per heavy atom. The second kappa shape index (κ2) is 8.27. The first-order valence-electron chi connectivity index (χ1n) is 9.70. The minimum atomic E-state index is -3.92. The van der Waals surface area contributed by atoms with Crippen LogP contribution in [0.3, 0.4) is 0 Å². The molecule has 32 heavy (non-hydrogen) atoms. The summed E-state index contributed by atoms with van der Waals surface area (Å²) < 4.78 is 28.6. The van der Waals surface area contributed by atoms with Crippen LogP contribution in [0.2, 0.25) is 0 Å². The normalized spacial score (nSPS) is 11.3. The van der Waals surface area contributed by atoms with Crippen LogP contribution < -0.4 is 10.0 Å². The molecular weight excluding hydrogens is 428 g/mol. The maximum atomic E-state index is 13.1. The van der Waals surface area contributed by atoms with Crippen LogP contribution in [0.15, 0.2) is 71.6 Å². The van der Waals surface area contributed by atoms with Crippen molar-refractivity contribution in [3.63, 3.8) is 0 Å².